The summed E-state index contributed by atoms with van der Waals surface area (Å²) < 4.78 is 29.4. The number of nitro benzene ring substituents is 1. The Labute approximate surface area is 141 Å². The van der Waals surface area contributed by atoms with Crippen LogP contribution in [0.25, 0.3) is 10.8 Å². The highest BCUT2D eigenvalue weighted by atomic mass is 19.3. The Hall–Kier alpha value is -3.35. The third-order valence-corrected chi connectivity index (χ3v) is 3.51. The van der Waals surface area contributed by atoms with Crippen LogP contribution in [0, 0.1) is 10.1 Å². The fraction of sp³-hybridized carbons (Fsp3) is 0.0556. The van der Waals surface area contributed by atoms with Gasteiger partial charge in [-0.05, 0) is 29.0 Å². The molecule has 7 heteroatoms. The van der Waals surface area contributed by atoms with Gasteiger partial charge in [-0.3, -0.25) is 15.1 Å². The molecule has 0 unspecified atom stereocenters. The van der Waals surface area contributed by atoms with E-state index < -0.39 is 11.5 Å². The molecule has 0 saturated carbocycles. The van der Waals surface area contributed by atoms with Crippen LogP contribution in [0.4, 0.5) is 20.2 Å². The fourth-order valence-electron chi connectivity index (χ4n) is 2.35. The summed E-state index contributed by atoms with van der Waals surface area (Å²) in [4.78, 5) is 14.5. The lowest BCUT2D eigenvalue weighted by Gasteiger charge is -2.07. The molecule has 3 aromatic rings. The number of halogens is 2. The number of nitro groups is 1. The molecule has 0 saturated heterocycles. The Morgan fingerprint density at radius 1 is 1.04 bits per heavy atom. The SMILES string of the molecule is O=[N+]([O-])c1ccc(OC(F)F)c(C=Nc2ccc3ccccc3c2)c1. The first kappa shape index (κ1) is 16.5. The number of nitrogens with zero attached hydrogens (tertiary/aromatic N) is 2. The molecule has 5 nitrogen and oxygen atoms in total. The van der Waals surface area contributed by atoms with Crippen molar-refractivity contribution in [3.8, 4) is 5.75 Å². The minimum atomic E-state index is -3.03. The average molecular weight is 342 g/mol. The quantitative estimate of drug-likeness (QED) is 0.368. The molecule has 0 fully saturated rings. The van der Waals surface area contributed by atoms with Gasteiger partial charge in [-0.1, -0.05) is 30.3 Å². The molecule has 126 valence electrons. The van der Waals surface area contributed by atoms with E-state index in [4.69, 9.17) is 0 Å². The van der Waals surface area contributed by atoms with E-state index in [1.54, 1.807) is 6.07 Å². The number of hydrogen-bond donors (Lipinski definition) is 0. The smallest absolute Gasteiger partial charge is 0.387 e. The summed E-state index contributed by atoms with van der Waals surface area (Å²) in [6.07, 6.45) is 1.27. The normalized spacial score (nSPS) is 11.3. The number of alkyl halides is 2. The molecule has 0 spiro atoms. The summed E-state index contributed by atoms with van der Waals surface area (Å²) in [5, 5.41) is 12.9. The number of benzene rings is 3. The van der Waals surface area contributed by atoms with E-state index in [0.29, 0.717) is 5.69 Å². The molecule has 0 bridgehead atoms. The fourth-order valence-corrected chi connectivity index (χ4v) is 2.35. The second-order valence-electron chi connectivity index (χ2n) is 5.15. The standard InChI is InChI=1S/C18H12F2N2O3/c19-18(20)25-17-8-7-16(22(23)24)10-14(17)11-21-15-6-5-12-3-1-2-4-13(12)9-15/h1-11,18H. The average Bonchev–Trinajstić information content (AvgIpc) is 2.60. The van der Waals surface area contributed by atoms with E-state index in [0.717, 1.165) is 29.0 Å². The Bertz CT molecular complexity index is 958. The van der Waals surface area contributed by atoms with Crippen LogP contribution in [0.3, 0.4) is 0 Å². The summed E-state index contributed by atoms with van der Waals surface area (Å²) >= 11 is 0. The molecule has 0 aliphatic carbocycles. The Kier molecular flexibility index (Phi) is 4.65. The second-order valence-corrected chi connectivity index (χ2v) is 5.15. The van der Waals surface area contributed by atoms with Crippen LogP contribution in [0.1, 0.15) is 5.56 Å². The first-order chi connectivity index (χ1) is 12.0. The number of rotatable bonds is 5. The number of non-ortho nitro benzene ring substituents is 1. The molecule has 0 aliphatic rings. The van der Waals surface area contributed by atoms with Crippen LogP contribution in [-0.4, -0.2) is 17.7 Å². The maximum absolute atomic E-state index is 12.5. The van der Waals surface area contributed by atoms with Gasteiger partial charge in [0, 0.05) is 23.9 Å². The molecular weight excluding hydrogens is 330 g/mol. The van der Waals surface area contributed by atoms with Crippen molar-refractivity contribution in [2.24, 2.45) is 4.99 Å². The summed E-state index contributed by atoms with van der Waals surface area (Å²) in [5.41, 5.74) is 0.456. The van der Waals surface area contributed by atoms with Gasteiger partial charge in [0.15, 0.2) is 0 Å². The van der Waals surface area contributed by atoms with Gasteiger partial charge in [0.1, 0.15) is 5.75 Å². The molecule has 3 aromatic carbocycles. The van der Waals surface area contributed by atoms with Crippen molar-refractivity contribution in [2.45, 2.75) is 6.61 Å². The molecule has 0 N–H and O–H groups in total. The zero-order valence-corrected chi connectivity index (χ0v) is 12.8. The summed E-state index contributed by atoms with van der Waals surface area (Å²) in [6, 6.07) is 16.5. The van der Waals surface area contributed by atoms with Crippen molar-refractivity contribution >= 4 is 28.4 Å². The molecule has 0 atom stereocenters. The Morgan fingerprint density at radius 2 is 1.80 bits per heavy atom. The zero-order chi connectivity index (χ0) is 17.8. The van der Waals surface area contributed by atoms with Crippen molar-refractivity contribution < 1.29 is 18.4 Å². The van der Waals surface area contributed by atoms with Crippen LogP contribution < -0.4 is 4.74 Å². The largest absolute Gasteiger partial charge is 0.434 e. The maximum Gasteiger partial charge on any atom is 0.387 e. The van der Waals surface area contributed by atoms with E-state index >= 15 is 0 Å². The van der Waals surface area contributed by atoms with Gasteiger partial charge in [0.2, 0.25) is 0 Å². The third kappa shape index (κ3) is 3.95. The second kappa shape index (κ2) is 7.04. The number of hydrogen-bond acceptors (Lipinski definition) is 4. The highest BCUT2D eigenvalue weighted by Gasteiger charge is 2.13. The van der Waals surface area contributed by atoms with Crippen molar-refractivity contribution in [3.63, 3.8) is 0 Å². The third-order valence-electron chi connectivity index (χ3n) is 3.51. The molecule has 0 heterocycles. The molecule has 0 amide bonds. The minimum Gasteiger partial charge on any atom is -0.434 e. The van der Waals surface area contributed by atoms with Crippen LogP contribution in [-0.2, 0) is 0 Å². The summed E-state index contributed by atoms with van der Waals surface area (Å²) in [5.74, 6) is -0.176. The summed E-state index contributed by atoms with van der Waals surface area (Å²) in [6.45, 7) is -3.03. The van der Waals surface area contributed by atoms with Gasteiger partial charge in [0.05, 0.1) is 10.6 Å². The number of aliphatic imine (C=N–C) groups is 1. The van der Waals surface area contributed by atoms with Gasteiger partial charge in [-0.25, -0.2) is 0 Å². The van der Waals surface area contributed by atoms with Crippen LogP contribution >= 0.6 is 0 Å². The molecular formula is C18H12F2N2O3. The van der Waals surface area contributed by atoms with E-state index in [2.05, 4.69) is 9.73 Å². The van der Waals surface area contributed by atoms with Crippen molar-refractivity contribution in [3.05, 3.63) is 76.3 Å². The monoisotopic (exact) mass is 342 g/mol. The van der Waals surface area contributed by atoms with E-state index in [9.17, 15) is 18.9 Å². The lowest BCUT2D eigenvalue weighted by atomic mass is 10.1. The lowest BCUT2D eigenvalue weighted by Crippen LogP contribution is -2.04. The molecule has 3 rings (SSSR count). The predicted octanol–water partition coefficient (Wildman–Crippen LogP) is 5.10. The molecule has 25 heavy (non-hydrogen) atoms. The van der Waals surface area contributed by atoms with Gasteiger partial charge in [-0.15, -0.1) is 0 Å². The molecule has 0 radical (unpaired) electrons. The minimum absolute atomic E-state index is 0.0997. The van der Waals surface area contributed by atoms with Gasteiger partial charge >= 0.3 is 6.61 Å². The highest BCUT2D eigenvalue weighted by Crippen LogP contribution is 2.26. The zero-order valence-electron chi connectivity index (χ0n) is 12.8. The summed E-state index contributed by atoms with van der Waals surface area (Å²) in [7, 11) is 0. The number of fused-ring (bicyclic) bond motifs is 1. The van der Waals surface area contributed by atoms with E-state index in [-0.39, 0.29) is 17.0 Å². The van der Waals surface area contributed by atoms with Crippen LogP contribution in [0.5, 0.6) is 5.75 Å². The van der Waals surface area contributed by atoms with E-state index in [1.807, 2.05) is 36.4 Å². The Balaban J connectivity index is 1.97. The van der Waals surface area contributed by atoms with E-state index in [1.165, 1.54) is 6.21 Å². The van der Waals surface area contributed by atoms with Crippen LogP contribution in [0.2, 0.25) is 0 Å². The molecule has 0 aliphatic heterocycles. The first-order valence-electron chi connectivity index (χ1n) is 7.29. The van der Waals surface area contributed by atoms with Crippen molar-refractivity contribution in [1.82, 2.24) is 0 Å². The first-order valence-corrected chi connectivity index (χ1v) is 7.29. The van der Waals surface area contributed by atoms with Gasteiger partial charge < -0.3 is 4.74 Å². The van der Waals surface area contributed by atoms with Gasteiger partial charge in [0.25, 0.3) is 5.69 Å². The van der Waals surface area contributed by atoms with Gasteiger partial charge in [-0.2, -0.15) is 8.78 Å². The number of ether oxygens (including phenoxy) is 1. The van der Waals surface area contributed by atoms with Crippen molar-refractivity contribution in [2.75, 3.05) is 0 Å². The Morgan fingerprint density at radius 3 is 2.52 bits per heavy atom. The topological polar surface area (TPSA) is 64.7 Å². The van der Waals surface area contributed by atoms with Crippen molar-refractivity contribution in [1.29, 1.82) is 0 Å². The molecule has 0 aromatic heterocycles. The van der Waals surface area contributed by atoms with Crippen LogP contribution in [0.15, 0.2) is 65.7 Å². The lowest BCUT2D eigenvalue weighted by molar-refractivity contribution is -0.384. The highest BCUT2D eigenvalue weighted by molar-refractivity contribution is 5.89. The predicted molar refractivity (Wildman–Crippen MR) is 90.9 cm³/mol. The maximum atomic E-state index is 12.5.